The van der Waals surface area contributed by atoms with Crippen LogP contribution in [-0.2, 0) is 24.1 Å². The maximum atomic E-state index is 12.2. The third kappa shape index (κ3) is 3.50. The van der Waals surface area contributed by atoms with Crippen LogP contribution in [0.4, 0.5) is 0 Å². The molecule has 0 spiro atoms. The molecule has 0 amide bonds. The second-order valence-corrected chi connectivity index (χ2v) is 7.48. The summed E-state index contributed by atoms with van der Waals surface area (Å²) in [5.41, 5.74) is 2.44. The van der Waals surface area contributed by atoms with Crippen molar-refractivity contribution < 1.29 is 4.74 Å². The SMILES string of the molecule is O=c1cc2c(nn1CC1CN(CC3CCOCC3)C1)CCCC2. The molecule has 2 saturated heterocycles. The number of aromatic nitrogens is 2. The first-order chi connectivity index (χ1) is 11.3. The van der Waals surface area contributed by atoms with Crippen molar-refractivity contribution >= 4 is 0 Å². The van der Waals surface area contributed by atoms with E-state index in [1.165, 1.54) is 37.8 Å². The Morgan fingerprint density at radius 3 is 2.70 bits per heavy atom. The van der Waals surface area contributed by atoms with Crippen LogP contribution in [0, 0.1) is 11.8 Å². The molecule has 3 heterocycles. The van der Waals surface area contributed by atoms with E-state index in [0.717, 1.165) is 57.3 Å². The summed E-state index contributed by atoms with van der Waals surface area (Å²) in [6.07, 6.45) is 6.87. The van der Waals surface area contributed by atoms with E-state index >= 15 is 0 Å². The lowest BCUT2D eigenvalue weighted by Gasteiger charge is -2.41. The number of fused-ring (bicyclic) bond motifs is 1. The lowest BCUT2D eigenvalue weighted by atomic mass is 9.94. The van der Waals surface area contributed by atoms with Gasteiger partial charge in [-0.2, -0.15) is 5.10 Å². The van der Waals surface area contributed by atoms with Crippen molar-refractivity contribution in [1.29, 1.82) is 0 Å². The van der Waals surface area contributed by atoms with Crippen LogP contribution in [0.25, 0.3) is 0 Å². The summed E-state index contributed by atoms with van der Waals surface area (Å²) < 4.78 is 7.15. The van der Waals surface area contributed by atoms with Crippen LogP contribution >= 0.6 is 0 Å². The first-order valence-corrected chi connectivity index (χ1v) is 9.18. The summed E-state index contributed by atoms with van der Waals surface area (Å²) in [7, 11) is 0. The van der Waals surface area contributed by atoms with E-state index in [1.54, 1.807) is 4.68 Å². The Kier molecular flexibility index (Phi) is 4.49. The molecule has 0 saturated carbocycles. The van der Waals surface area contributed by atoms with Crippen LogP contribution < -0.4 is 5.56 Å². The lowest BCUT2D eigenvalue weighted by molar-refractivity contribution is 0.0204. The van der Waals surface area contributed by atoms with Gasteiger partial charge in [0, 0.05) is 44.8 Å². The molecule has 2 fully saturated rings. The highest BCUT2D eigenvalue weighted by Gasteiger charge is 2.30. The van der Waals surface area contributed by atoms with E-state index in [-0.39, 0.29) is 5.56 Å². The van der Waals surface area contributed by atoms with E-state index in [4.69, 9.17) is 4.74 Å². The average molecular weight is 317 g/mol. The molecule has 126 valence electrons. The number of nitrogens with zero attached hydrogens (tertiary/aromatic N) is 3. The fourth-order valence-corrected chi connectivity index (χ4v) is 4.21. The molecule has 0 bridgehead atoms. The average Bonchev–Trinajstić information content (AvgIpc) is 2.54. The van der Waals surface area contributed by atoms with Crippen molar-refractivity contribution in [3.05, 3.63) is 27.7 Å². The number of ether oxygens (including phenoxy) is 1. The van der Waals surface area contributed by atoms with Crippen LogP contribution in [0.2, 0.25) is 0 Å². The minimum absolute atomic E-state index is 0.0912. The second-order valence-electron chi connectivity index (χ2n) is 7.48. The van der Waals surface area contributed by atoms with E-state index in [2.05, 4.69) is 10.00 Å². The molecule has 23 heavy (non-hydrogen) atoms. The lowest BCUT2D eigenvalue weighted by Crippen LogP contribution is -2.51. The van der Waals surface area contributed by atoms with Gasteiger partial charge in [-0.25, -0.2) is 4.68 Å². The second kappa shape index (κ2) is 6.73. The first kappa shape index (κ1) is 15.3. The molecule has 3 aliphatic rings. The van der Waals surface area contributed by atoms with E-state index in [9.17, 15) is 4.79 Å². The molecule has 1 aliphatic carbocycles. The maximum Gasteiger partial charge on any atom is 0.267 e. The van der Waals surface area contributed by atoms with Gasteiger partial charge in [-0.1, -0.05) is 0 Å². The zero-order chi connectivity index (χ0) is 15.6. The van der Waals surface area contributed by atoms with E-state index in [0.29, 0.717) is 5.92 Å². The Labute approximate surface area is 137 Å². The number of rotatable bonds is 4. The minimum atomic E-state index is 0.0912. The fraction of sp³-hybridized carbons (Fsp3) is 0.778. The highest BCUT2D eigenvalue weighted by atomic mass is 16.5. The van der Waals surface area contributed by atoms with Crippen molar-refractivity contribution in [1.82, 2.24) is 14.7 Å². The highest BCUT2D eigenvalue weighted by Crippen LogP contribution is 2.23. The zero-order valence-electron chi connectivity index (χ0n) is 13.9. The summed E-state index contributed by atoms with van der Waals surface area (Å²) in [6, 6.07) is 1.83. The summed E-state index contributed by atoms with van der Waals surface area (Å²) in [5.74, 6) is 1.39. The van der Waals surface area contributed by atoms with Crippen LogP contribution in [0.15, 0.2) is 10.9 Å². The molecule has 0 radical (unpaired) electrons. The Morgan fingerprint density at radius 2 is 1.87 bits per heavy atom. The number of aryl methyl sites for hydroxylation is 2. The number of likely N-dealkylation sites (tertiary alicyclic amines) is 1. The van der Waals surface area contributed by atoms with Gasteiger partial charge in [0.2, 0.25) is 0 Å². The Balaban J connectivity index is 1.31. The largest absolute Gasteiger partial charge is 0.381 e. The molecule has 5 nitrogen and oxygen atoms in total. The Hall–Kier alpha value is -1.20. The predicted octanol–water partition coefficient (Wildman–Crippen LogP) is 1.48. The molecule has 1 aromatic rings. The normalized spacial score (nSPS) is 23.5. The molecule has 0 unspecified atom stereocenters. The Morgan fingerprint density at radius 1 is 1.09 bits per heavy atom. The highest BCUT2D eigenvalue weighted by molar-refractivity contribution is 5.20. The van der Waals surface area contributed by atoms with Crippen LogP contribution in [0.1, 0.15) is 36.9 Å². The van der Waals surface area contributed by atoms with E-state index in [1.807, 2.05) is 6.07 Å². The molecular formula is C18H27N3O2. The molecule has 4 rings (SSSR count). The quantitative estimate of drug-likeness (QED) is 0.844. The van der Waals surface area contributed by atoms with Gasteiger partial charge < -0.3 is 9.64 Å². The third-order valence-corrected chi connectivity index (χ3v) is 5.60. The molecule has 1 aromatic heterocycles. The van der Waals surface area contributed by atoms with Gasteiger partial charge in [0.05, 0.1) is 12.2 Å². The summed E-state index contributed by atoms with van der Waals surface area (Å²) in [4.78, 5) is 14.8. The summed E-state index contributed by atoms with van der Waals surface area (Å²) >= 11 is 0. The monoisotopic (exact) mass is 317 g/mol. The van der Waals surface area contributed by atoms with Crippen LogP contribution in [-0.4, -0.2) is 47.5 Å². The number of hydrogen-bond acceptors (Lipinski definition) is 4. The van der Waals surface area contributed by atoms with Gasteiger partial charge in [0.25, 0.3) is 5.56 Å². The van der Waals surface area contributed by atoms with E-state index < -0.39 is 0 Å². The smallest absolute Gasteiger partial charge is 0.267 e. The van der Waals surface area contributed by atoms with Crippen LogP contribution in [0.5, 0.6) is 0 Å². The van der Waals surface area contributed by atoms with Gasteiger partial charge in [-0.15, -0.1) is 0 Å². The fourth-order valence-electron chi connectivity index (χ4n) is 4.21. The van der Waals surface area contributed by atoms with Crippen molar-refractivity contribution in [2.45, 2.75) is 45.1 Å². The van der Waals surface area contributed by atoms with Gasteiger partial charge in [0.15, 0.2) is 0 Å². The van der Waals surface area contributed by atoms with Crippen molar-refractivity contribution in [2.24, 2.45) is 11.8 Å². The first-order valence-electron chi connectivity index (χ1n) is 9.18. The predicted molar refractivity (Wildman–Crippen MR) is 88.6 cm³/mol. The summed E-state index contributed by atoms with van der Waals surface area (Å²) in [6.45, 7) is 6.07. The third-order valence-electron chi connectivity index (χ3n) is 5.60. The molecule has 2 aliphatic heterocycles. The molecule has 0 aromatic carbocycles. The summed E-state index contributed by atoms with van der Waals surface area (Å²) in [5, 5.41) is 4.64. The molecule has 0 atom stereocenters. The van der Waals surface area contributed by atoms with Gasteiger partial charge in [-0.3, -0.25) is 4.79 Å². The minimum Gasteiger partial charge on any atom is -0.381 e. The molecule has 5 heteroatoms. The maximum absolute atomic E-state index is 12.2. The zero-order valence-corrected chi connectivity index (χ0v) is 13.9. The standard InChI is InChI=1S/C18H27N3O2/c22-18-9-16-3-1-2-4-17(16)19-21(18)13-15-11-20(12-15)10-14-5-7-23-8-6-14/h9,14-15H,1-8,10-13H2. The number of hydrogen-bond donors (Lipinski definition) is 0. The Bertz CT molecular complexity index is 601. The topological polar surface area (TPSA) is 47.4 Å². The molecule has 0 N–H and O–H groups in total. The van der Waals surface area contributed by atoms with Gasteiger partial charge in [0.1, 0.15) is 0 Å². The van der Waals surface area contributed by atoms with Crippen molar-refractivity contribution in [2.75, 3.05) is 32.8 Å². The van der Waals surface area contributed by atoms with Gasteiger partial charge >= 0.3 is 0 Å². The van der Waals surface area contributed by atoms with Crippen molar-refractivity contribution in [3.8, 4) is 0 Å². The van der Waals surface area contributed by atoms with Crippen molar-refractivity contribution in [3.63, 3.8) is 0 Å². The van der Waals surface area contributed by atoms with Crippen LogP contribution in [0.3, 0.4) is 0 Å². The molecular weight excluding hydrogens is 290 g/mol. The van der Waals surface area contributed by atoms with Gasteiger partial charge in [-0.05, 0) is 50.0 Å².